The van der Waals surface area contributed by atoms with Gasteiger partial charge in [-0.05, 0) is 32.4 Å². The molecule has 0 unspecified atom stereocenters. The van der Waals surface area contributed by atoms with Gasteiger partial charge in [-0.3, -0.25) is 4.79 Å². The number of fused-ring (bicyclic) bond motifs is 1. The Hall–Kier alpha value is -1.02. The van der Waals surface area contributed by atoms with E-state index in [4.69, 9.17) is 16.3 Å². The zero-order chi connectivity index (χ0) is 16.0. The average molecular weight is 339 g/mol. The van der Waals surface area contributed by atoms with Crippen LogP contribution in [0.4, 0.5) is 9.59 Å². The van der Waals surface area contributed by atoms with Crippen molar-refractivity contribution < 1.29 is 22.7 Å². The lowest BCUT2D eigenvalue weighted by Crippen LogP contribution is -2.44. The largest absolute Gasteiger partial charge is 0.444 e. The number of halogens is 1. The molecule has 0 bridgehead atoms. The number of carbonyl (C=O) groups is 2. The summed E-state index contributed by atoms with van der Waals surface area (Å²) in [6.07, 6.45) is -0.654. The van der Waals surface area contributed by atoms with Gasteiger partial charge in [0.1, 0.15) is 5.60 Å². The fourth-order valence-corrected chi connectivity index (χ4v) is 5.25. The molecule has 2 amide bonds. The van der Waals surface area contributed by atoms with Crippen molar-refractivity contribution in [1.82, 2.24) is 10.2 Å². The monoisotopic (exact) mass is 338 g/mol. The fourth-order valence-electron chi connectivity index (χ4n) is 2.81. The van der Waals surface area contributed by atoms with Crippen molar-refractivity contribution in [2.24, 2.45) is 5.92 Å². The summed E-state index contributed by atoms with van der Waals surface area (Å²) in [7, 11) is -3.35. The normalized spacial score (nSPS) is 30.9. The Balaban J connectivity index is 2.08. The van der Waals surface area contributed by atoms with E-state index in [0.29, 0.717) is 0 Å². The fraction of sp³-hybridized carbons (Fsp3) is 0.833. The smallest absolute Gasteiger partial charge is 0.407 e. The minimum Gasteiger partial charge on any atom is -0.444 e. The number of sulfone groups is 1. The molecule has 2 aliphatic rings. The van der Waals surface area contributed by atoms with Gasteiger partial charge in [0.15, 0.2) is 9.84 Å². The summed E-state index contributed by atoms with van der Waals surface area (Å²) in [4.78, 5) is 24.3. The van der Waals surface area contributed by atoms with Gasteiger partial charge in [0, 0.05) is 19.0 Å². The van der Waals surface area contributed by atoms with E-state index in [9.17, 15) is 18.0 Å². The second kappa shape index (κ2) is 5.31. The van der Waals surface area contributed by atoms with Gasteiger partial charge < -0.3 is 15.0 Å². The van der Waals surface area contributed by atoms with Crippen molar-refractivity contribution >= 4 is 32.9 Å². The number of amides is 2. The molecule has 1 N–H and O–H groups in total. The van der Waals surface area contributed by atoms with Crippen LogP contribution in [0.15, 0.2) is 0 Å². The highest BCUT2D eigenvalue weighted by atomic mass is 35.5. The van der Waals surface area contributed by atoms with Crippen LogP contribution in [0.5, 0.6) is 0 Å². The van der Waals surface area contributed by atoms with Gasteiger partial charge in [-0.1, -0.05) is 0 Å². The van der Waals surface area contributed by atoms with E-state index in [-0.39, 0.29) is 24.8 Å². The van der Waals surface area contributed by atoms with E-state index in [0.717, 1.165) is 0 Å². The molecular weight excluding hydrogens is 320 g/mol. The van der Waals surface area contributed by atoms with E-state index in [1.54, 1.807) is 20.8 Å². The van der Waals surface area contributed by atoms with Crippen molar-refractivity contribution in [3.63, 3.8) is 0 Å². The van der Waals surface area contributed by atoms with E-state index in [1.807, 2.05) is 0 Å². The molecule has 2 heterocycles. The number of alkyl carbamates (subject to hydrolysis) is 1. The number of carbonyl (C=O) groups excluding carboxylic acids is 2. The van der Waals surface area contributed by atoms with Crippen molar-refractivity contribution in [3.8, 4) is 0 Å². The predicted molar refractivity (Wildman–Crippen MR) is 77.0 cm³/mol. The summed E-state index contributed by atoms with van der Waals surface area (Å²) in [6, 6.07) is -0.559. The number of hydrogen-bond donors (Lipinski definition) is 1. The van der Waals surface area contributed by atoms with Gasteiger partial charge in [0.25, 0.3) is 0 Å². The van der Waals surface area contributed by atoms with E-state index >= 15 is 0 Å². The molecule has 0 aromatic rings. The van der Waals surface area contributed by atoms with Crippen LogP contribution in [0.2, 0.25) is 0 Å². The highest BCUT2D eigenvalue weighted by Crippen LogP contribution is 2.34. The lowest BCUT2D eigenvalue weighted by molar-refractivity contribution is 0.0498. The van der Waals surface area contributed by atoms with Crippen molar-refractivity contribution in [2.45, 2.75) is 37.7 Å². The predicted octanol–water partition coefficient (Wildman–Crippen LogP) is 0.967. The van der Waals surface area contributed by atoms with Gasteiger partial charge in [0.05, 0.1) is 17.0 Å². The molecule has 0 saturated carbocycles. The third-order valence-corrected chi connectivity index (χ3v) is 6.13. The second-order valence-electron chi connectivity index (χ2n) is 6.44. The Morgan fingerprint density at radius 3 is 2.43 bits per heavy atom. The maximum Gasteiger partial charge on any atom is 0.407 e. The van der Waals surface area contributed by atoms with E-state index in [1.165, 1.54) is 4.90 Å². The molecule has 0 aliphatic carbocycles. The Bertz CT molecular complexity index is 556. The first-order valence-electron chi connectivity index (χ1n) is 6.65. The average Bonchev–Trinajstić information content (AvgIpc) is 2.77. The van der Waals surface area contributed by atoms with Crippen LogP contribution >= 0.6 is 11.6 Å². The standard InChI is InChI=1S/C12H19ClN2O5S/c1-12(2,3)20-11(17)14-8-6-21(18,19)9-5-15(10(13)16)4-7(8)9/h7-9H,4-6H2,1-3H3,(H,14,17)/t7-,8+,9-/m0/s1. The molecule has 21 heavy (non-hydrogen) atoms. The minimum atomic E-state index is -3.35. The quantitative estimate of drug-likeness (QED) is 0.568. The van der Waals surface area contributed by atoms with Crippen molar-refractivity contribution in [2.75, 3.05) is 18.8 Å². The summed E-state index contributed by atoms with van der Waals surface area (Å²) >= 11 is 5.41. The summed E-state index contributed by atoms with van der Waals surface area (Å²) in [5.74, 6) is -0.475. The summed E-state index contributed by atoms with van der Waals surface area (Å²) < 4.78 is 29.4. The number of nitrogens with one attached hydrogen (secondary N) is 1. The van der Waals surface area contributed by atoms with Gasteiger partial charge >= 0.3 is 11.5 Å². The van der Waals surface area contributed by atoms with E-state index < -0.39 is 38.2 Å². The number of ether oxygens (including phenoxy) is 1. The van der Waals surface area contributed by atoms with Gasteiger partial charge in [-0.15, -0.1) is 0 Å². The molecule has 0 radical (unpaired) electrons. The van der Waals surface area contributed by atoms with Crippen LogP contribution in [0.1, 0.15) is 20.8 Å². The van der Waals surface area contributed by atoms with Crippen LogP contribution in [-0.2, 0) is 14.6 Å². The van der Waals surface area contributed by atoms with E-state index in [2.05, 4.69) is 5.32 Å². The summed E-state index contributed by atoms with van der Waals surface area (Å²) in [5.41, 5.74) is -0.658. The molecule has 7 nitrogen and oxygen atoms in total. The third-order valence-electron chi connectivity index (χ3n) is 3.65. The number of hydrogen-bond acceptors (Lipinski definition) is 5. The molecule has 120 valence electrons. The van der Waals surface area contributed by atoms with Gasteiger partial charge in [0.2, 0.25) is 0 Å². The van der Waals surface area contributed by atoms with Crippen molar-refractivity contribution in [3.05, 3.63) is 0 Å². The first-order chi connectivity index (χ1) is 9.49. The molecule has 3 atom stereocenters. The van der Waals surface area contributed by atoms with Crippen molar-refractivity contribution in [1.29, 1.82) is 0 Å². The zero-order valence-electron chi connectivity index (χ0n) is 12.1. The Morgan fingerprint density at radius 2 is 1.90 bits per heavy atom. The van der Waals surface area contributed by atoms with Gasteiger partial charge in [-0.25, -0.2) is 13.2 Å². The maximum atomic E-state index is 12.1. The topological polar surface area (TPSA) is 92.8 Å². The molecule has 9 heteroatoms. The first-order valence-corrected chi connectivity index (χ1v) is 8.74. The molecular formula is C12H19ClN2O5S. The van der Waals surface area contributed by atoms with Crippen LogP contribution in [0.3, 0.4) is 0 Å². The second-order valence-corrected chi connectivity index (χ2v) is 9.03. The van der Waals surface area contributed by atoms with Crippen LogP contribution in [0, 0.1) is 5.92 Å². The molecule has 2 saturated heterocycles. The Morgan fingerprint density at radius 1 is 1.29 bits per heavy atom. The molecule has 0 aromatic heterocycles. The lowest BCUT2D eigenvalue weighted by Gasteiger charge is -2.23. The van der Waals surface area contributed by atoms with Gasteiger partial charge in [-0.2, -0.15) is 0 Å². The highest BCUT2D eigenvalue weighted by Gasteiger charge is 2.53. The van der Waals surface area contributed by atoms with Crippen LogP contribution in [0.25, 0.3) is 0 Å². The Kier molecular flexibility index (Phi) is 4.14. The summed E-state index contributed by atoms with van der Waals surface area (Å²) in [6.45, 7) is 5.49. The highest BCUT2D eigenvalue weighted by molar-refractivity contribution is 7.92. The number of likely N-dealkylation sites (tertiary alicyclic amines) is 1. The Labute approximate surface area is 128 Å². The first kappa shape index (κ1) is 16.4. The molecule has 2 aliphatic heterocycles. The number of rotatable bonds is 1. The molecule has 0 aromatic carbocycles. The van der Waals surface area contributed by atoms with Crippen LogP contribution in [-0.4, -0.2) is 60.5 Å². The third kappa shape index (κ3) is 3.60. The SMILES string of the molecule is CC(C)(C)OC(=O)N[C@@H]1CS(=O)(=O)[C@H]2CN(C(=O)Cl)C[C@@H]12. The lowest BCUT2D eigenvalue weighted by atomic mass is 10.0. The molecule has 0 spiro atoms. The minimum absolute atomic E-state index is 0.0852. The summed E-state index contributed by atoms with van der Waals surface area (Å²) in [5, 5.41) is 1.26. The zero-order valence-corrected chi connectivity index (χ0v) is 13.7. The van der Waals surface area contributed by atoms with Crippen LogP contribution < -0.4 is 5.32 Å². The number of nitrogens with zero attached hydrogens (tertiary/aromatic N) is 1. The maximum absolute atomic E-state index is 12.1. The molecule has 2 rings (SSSR count). The molecule has 2 fully saturated rings.